The zero-order valence-electron chi connectivity index (χ0n) is 11.6. The van der Waals surface area contributed by atoms with Gasteiger partial charge < -0.3 is 10.6 Å². The van der Waals surface area contributed by atoms with Gasteiger partial charge in [-0.1, -0.05) is 25.0 Å². The van der Waals surface area contributed by atoms with E-state index in [0.29, 0.717) is 23.8 Å². The molecule has 19 heavy (non-hydrogen) atoms. The molecule has 0 spiro atoms. The van der Waals surface area contributed by atoms with Gasteiger partial charge in [0.25, 0.3) is 5.91 Å². The Morgan fingerprint density at radius 2 is 2.16 bits per heavy atom. The van der Waals surface area contributed by atoms with Gasteiger partial charge in [-0.15, -0.1) is 6.58 Å². The van der Waals surface area contributed by atoms with Gasteiger partial charge in [-0.3, -0.25) is 4.79 Å². The maximum atomic E-state index is 12.7. The van der Waals surface area contributed by atoms with Gasteiger partial charge in [0.1, 0.15) is 0 Å². The predicted octanol–water partition coefficient (Wildman–Crippen LogP) is 3.15. The lowest BCUT2D eigenvalue weighted by atomic mass is 10.0. The molecule has 0 atom stereocenters. The van der Waals surface area contributed by atoms with E-state index in [1.54, 1.807) is 6.08 Å². The van der Waals surface area contributed by atoms with Crippen LogP contribution in [0.2, 0.25) is 0 Å². The van der Waals surface area contributed by atoms with Crippen LogP contribution < -0.4 is 5.73 Å². The summed E-state index contributed by atoms with van der Waals surface area (Å²) in [4.78, 5) is 14.7. The molecule has 1 aliphatic rings. The van der Waals surface area contributed by atoms with Crippen molar-refractivity contribution < 1.29 is 4.79 Å². The SMILES string of the molecule is C=CCN(C(=O)c1cccc(N)c1C)C1CCCC1. The number of nitrogen functional groups attached to an aromatic ring is 1. The molecule has 0 unspecified atom stereocenters. The van der Waals surface area contributed by atoms with Crippen molar-refractivity contribution in [1.82, 2.24) is 4.90 Å². The Bertz CT molecular complexity index is 476. The summed E-state index contributed by atoms with van der Waals surface area (Å²) in [7, 11) is 0. The van der Waals surface area contributed by atoms with Crippen LogP contribution in [0, 0.1) is 6.92 Å². The molecule has 1 saturated carbocycles. The second kappa shape index (κ2) is 5.91. The minimum absolute atomic E-state index is 0.0802. The average molecular weight is 258 g/mol. The Labute approximate surface area is 115 Å². The van der Waals surface area contributed by atoms with Crippen molar-refractivity contribution in [3.63, 3.8) is 0 Å². The highest BCUT2D eigenvalue weighted by atomic mass is 16.2. The number of nitrogens with zero attached hydrogens (tertiary/aromatic N) is 1. The fourth-order valence-corrected chi connectivity index (χ4v) is 2.79. The molecule has 2 N–H and O–H groups in total. The molecule has 1 amide bonds. The first kappa shape index (κ1) is 13.7. The third-order valence-corrected chi connectivity index (χ3v) is 3.96. The summed E-state index contributed by atoms with van der Waals surface area (Å²) in [5, 5.41) is 0. The van der Waals surface area contributed by atoms with Gasteiger partial charge in [-0.2, -0.15) is 0 Å². The maximum absolute atomic E-state index is 12.7. The molecular weight excluding hydrogens is 236 g/mol. The van der Waals surface area contributed by atoms with Gasteiger partial charge in [0.15, 0.2) is 0 Å². The Hall–Kier alpha value is -1.77. The molecule has 1 aromatic carbocycles. The van der Waals surface area contributed by atoms with Crippen molar-refractivity contribution in [1.29, 1.82) is 0 Å². The fourth-order valence-electron chi connectivity index (χ4n) is 2.79. The van der Waals surface area contributed by atoms with Crippen LogP contribution in [0.4, 0.5) is 5.69 Å². The molecule has 1 aromatic rings. The number of amides is 1. The molecular formula is C16H22N2O. The molecule has 0 aliphatic heterocycles. The minimum Gasteiger partial charge on any atom is -0.398 e. The van der Waals surface area contributed by atoms with Crippen molar-refractivity contribution in [2.75, 3.05) is 12.3 Å². The highest BCUT2D eigenvalue weighted by Gasteiger charge is 2.27. The molecule has 0 saturated heterocycles. The number of nitrogens with two attached hydrogens (primary N) is 1. The summed E-state index contributed by atoms with van der Waals surface area (Å²) in [5.74, 6) is 0.0802. The molecule has 1 aliphatic carbocycles. The van der Waals surface area contributed by atoms with Crippen LogP contribution in [-0.2, 0) is 0 Å². The number of hydrogen-bond donors (Lipinski definition) is 1. The Morgan fingerprint density at radius 1 is 1.47 bits per heavy atom. The third-order valence-electron chi connectivity index (χ3n) is 3.96. The van der Waals surface area contributed by atoms with Crippen LogP contribution in [0.5, 0.6) is 0 Å². The smallest absolute Gasteiger partial charge is 0.254 e. The first-order valence-electron chi connectivity index (χ1n) is 6.92. The zero-order valence-corrected chi connectivity index (χ0v) is 11.6. The van der Waals surface area contributed by atoms with Crippen molar-refractivity contribution in [2.24, 2.45) is 0 Å². The Balaban J connectivity index is 2.28. The highest BCUT2D eigenvalue weighted by molar-refractivity contribution is 5.97. The largest absolute Gasteiger partial charge is 0.398 e. The summed E-state index contributed by atoms with van der Waals surface area (Å²) in [5.41, 5.74) is 8.16. The van der Waals surface area contributed by atoms with E-state index in [1.807, 2.05) is 30.0 Å². The standard InChI is InChI=1S/C16H22N2O/c1-3-11-18(13-7-4-5-8-13)16(19)14-9-6-10-15(17)12(14)2/h3,6,9-10,13H,1,4-5,7-8,11,17H2,2H3. The van der Waals surface area contributed by atoms with E-state index in [1.165, 1.54) is 12.8 Å². The third kappa shape index (κ3) is 2.80. The molecule has 0 aromatic heterocycles. The molecule has 0 heterocycles. The molecule has 3 nitrogen and oxygen atoms in total. The molecule has 3 heteroatoms. The lowest BCUT2D eigenvalue weighted by Gasteiger charge is -2.28. The van der Waals surface area contributed by atoms with Gasteiger partial charge in [-0.25, -0.2) is 0 Å². The van der Waals surface area contributed by atoms with Crippen LogP contribution in [0.25, 0.3) is 0 Å². The van der Waals surface area contributed by atoms with Gasteiger partial charge >= 0.3 is 0 Å². The number of carbonyl (C=O) groups excluding carboxylic acids is 1. The van der Waals surface area contributed by atoms with Crippen LogP contribution in [0.15, 0.2) is 30.9 Å². The summed E-state index contributed by atoms with van der Waals surface area (Å²) in [6.07, 6.45) is 6.42. The number of benzene rings is 1. The summed E-state index contributed by atoms with van der Waals surface area (Å²) >= 11 is 0. The van der Waals surface area contributed by atoms with Gasteiger partial charge in [-0.05, 0) is 37.5 Å². The monoisotopic (exact) mass is 258 g/mol. The molecule has 0 bridgehead atoms. The van der Waals surface area contributed by atoms with E-state index in [2.05, 4.69) is 6.58 Å². The van der Waals surface area contributed by atoms with E-state index in [0.717, 1.165) is 18.4 Å². The lowest BCUT2D eigenvalue weighted by Crippen LogP contribution is -2.39. The molecule has 1 fully saturated rings. The van der Waals surface area contributed by atoms with Crippen molar-refractivity contribution in [3.8, 4) is 0 Å². The van der Waals surface area contributed by atoms with Gasteiger partial charge in [0.05, 0.1) is 0 Å². The summed E-state index contributed by atoms with van der Waals surface area (Å²) in [6.45, 7) is 6.28. The summed E-state index contributed by atoms with van der Waals surface area (Å²) < 4.78 is 0. The van der Waals surface area contributed by atoms with Gasteiger partial charge in [0.2, 0.25) is 0 Å². The first-order valence-corrected chi connectivity index (χ1v) is 6.92. The quantitative estimate of drug-likeness (QED) is 0.666. The highest BCUT2D eigenvalue weighted by Crippen LogP contribution is 2.26. The Morgan fingerprint density at radius 3 is 2.79 bits per heavy atom. The molecule has 102 valence electrons. The van der Waals surface area contributed by atoms with Crippen LogP contribution in [0.3, 0.4) is 0 Å². The normalized spacial score (nSPS) is 15.4. The van der Waals surface area contributed by atoms with Crippen molar-refractivity contribution in [3.05, 3.63) is 42.0 Å². The van der Waals surface area contributed by atoms with E-state index >= 15 is 0 Å². The van der Waals surface area contributed by atoms with E-state index in [4.69, 9.17) is 5.73 Å². The van der Waals surface area contributed by atoms with Crippen LogP contribution >= 0.6 is 0 Å². The number of rotatable bonds is 4. The molecule has 0 radical (unpaired) electrons. The second-order valence-corrected chi connectivity index (χ2v) is 5.20. The number of anilines is 1. The van der Waals surface area contributed by atoms with E-state index in [-0.39, 0.29) is 5.91 Å². The fraction of sp³-hybridized carbons (Fsp3) is 0.438. The molecule has 2 rings (SSSR count). The maximum Gasteiger partial charge on any atom is 0.254 e. The predicted molar refractivity (Wildman–Crippen MR) is 79.1 cm³/mol. The first-order chi connectivity index (χ1) is 9.15. The lowest BCUT2D eigenvalue weighted by molar-refractivity contribution is 0.0706. The average Bonchev–Trinajstić information content (AvgIpc) is 2.92. The van der Waals surface area contributed by atoms with Crippen LogP contribution in [-0.4, -0.2) is 23.4 Å². The van der Waals surface area contributed by atoms with Gasteiger partial charge in [0, 0.05) is 23.8 Å². The van der Waals surface area contributed by atoms with E-state index < -0.39 is 0 Å². The van der Waals surface area contributed by atoms with Crippen molar-refractivity contribution in [2.45, 2.75) is 38.6 Å². The Kier molecular flexibility index (Phi) is 4.25. The number of hydrogen-bond acceptors (Lipinski definition) is 2. The van der Waals surface area contributed by atoms with Crippen LogP contribution in [0.1, 0.15) is 41.6 Å². The van der Waals surface area contributed by atoms with E-state index in [9.17, 15) is 4.79 Å². The number of carbonyl (C=O) groups is 1. The topological polar surface area (TPSA) is 46.3 Å². The zero-order chi connectivity index (χ0) is 13.8. The minimum atomic E-state index is 0.0802. The summed E-state index contributed by atoms with van der Waals surface area (Å²) in [6, 6.07) is 5.89. The van der Waals surface area contributed by atoms with Crippen molar-refractivity contribution >= 4 is 11.6 Å². The second-order valence-electron chi connectivity index (χ2n) is 5.20.